The summed E-state index contributed by atoms with van der Waals surface area (Å²) in [5, 5.41) is 0. The van der Waals surface area contributed by atoms with Crippen molar-refractivity contribution in [2.75, 3.05) is 20.8 Å². The van der Waals surface area contributed by atoms with Crippen LogP contribution in [0.3, 0.4) is 0 Å². The number of primary amides is 1. The van der Waals surface area contributed by atoms with Crippen LogP contribution in [0.5, 0.6) is 5.75 Å². The number of hydrogen-bond acceptors (Lipinski definition) is 4. The standard InChI is InChI=1S/C14H16F4N2O4/c1-20(12(18)11(16)17)13(21)8(6-23-2)7-3-4-10(9(15)5-7)24-14(19)22/h3-5,8,11-12H,6H2,1-2H3,(H2,19,22). The fourth-order valence-corrected chi connectivity index (χ4v) is 1.94. The van der Waals surface area contributed by atoms with Crippen LogP contribution in [-0.4, -0.2) is 50.4 Å². The maximum atomic E-state index is 13.9. The molecule has 0 radical (unpaired) electrons. The number of rotatable bonds is 7. The van der Waals surface area contributed by atoms with E-state index in [4.69, 9.17) is 10.5 Å². The zero-order valence-electron chi connectivity index (χ0n) is 12.8. The van der Waals surface area contributed by atoms with Gasteiger partial charge >= 0.3 is 6.09 Å². The van der Waals surface area contributed by atoms with Crippen LogP contribution in [0.4, 0.5) is 22.4 Å². The highest BCUT2D eigenvalue weighted by Crippen LogP contribution is 2.26. The van der Waals surface area contributed by atoms with E-state index in [1.165, 1.54) is 13.2 Å². The van der Waals surface area contributed by atoms with Crippen molar-refractivity contribution in [3.63, 3.8) is 0 Å². The first-order valence-electron chi connectivity index (χ1n) is 6.63. The molecule has 0 aliphatic carbocycles. The largest absolute Gasteiger partial charge is 0.410 e. The summed E-state index contributed by atoms with van der Waals surface area (Å²) in [6.45, 7) is -0.297. The average molecular weight is 352 g/mol. The van der Waals surface area contributed by atoms with E-state index in [1.807, 2.05) is 0 Å². The quantitative estimate of drug-likeness (QED) is 0.601. The number of methoxy groups -OCH3 is 1. The summed E-state index contributed by atoms with van der Waals surface area (Å²) in [4.78, 5) is 23.0. The molecule has 134 valence electrons. The third-order valence-electron chi connectivity index (χ3n) is 3.13. The van der Waals surface area contributed by atoms with Crippen LogP contribution in [0.25, 0.3) is 0 Å². The molecule has 0 fully saturated rings. The second-order valence-electron chi connectivity index (χ2n) is 4.78. The molecule has 0 saturated carbocycles. The molecule has 24 heavy (non-hydrogen) atoms. The minimum absolute atomic E-state index is 0.0319. The molecule has 2 unspecified atom stereocenters. The van der Waals surface area contributed by atoms with Gasteiger partial charge in [-0.3, -0.25) is 4.79 Å². The lowest BCUT2D eigenvalue weighted by molar-refractivity contribution is -0.144. The van der Waals surface area contributed by atoms with E-state index in [0.29, 0.717) is 0 Å². The van der Waals surface area contributed by atoms with Crippen molar-refractivity contribution in [3.8, 4) is 5.75 Å². The number of benzene rings is 1. The number of nitrogens with two attached hydrogens (primary N) is 1. The molecule has 1 rings (SSSR count). The number of carbonyl (C=O) groups is 2. The molecule has 1 aromatic rings. The molecule has 0 aliphatic heterocycles. The Kier molecular flexibility index (Phi) is 6.96. The molecule has 0 aliphatic rings. The normalized spacial score (nSPS) is 13.5. The summed E-state index contributed by atoms with van der Waals surface area (Å²) in [7, 11) is 2.10. The van der Waals surface area contributed by atoms with E-state index in [1.54, 1.807) is 0 Å². The number of likely N-dealkylation sites (N-methyl/N-ethyl adjacent to an activating group) is 1. The molecule has 6 nitrogen and oxygen atoms in total. The van der Waals surface area contributed by atoms with Gasteiger partial charge in [0.1, 0.15) is 0 Å². The van der Waals surface area contributed by atoms with Gasteiger partial charge in [-0.15, -0.1) is 0 Å². The number of amides is 2. The Labute approximate surface area is 135 Å². The lowest BCUT2D eigenvalue weighted by atomic mass is 9.98. The van der Waals surface area contributed by atoms with Crippen LogP contribution in [-0.2, 0) is 9.53 Å². The van der Waals surface area contributed by atoms with E-state index in [-0.39, 0.29) is 17.1 Å². The highest BCUT2D eigenvalue weighted by Gasteiger charge is 2.33. The Balaban J connectivity index is 3.09. The van der Waals surface area contributed by atoms with Crippen LogP contribution in [0.1, 0.15) is 11.5 Å². The van der Waals surface area contributed by atoms with Gasteiger partial charge in [-0.05, 0) is 17.7 Å². The fourth-order valence-electron chi connectivity index (χ4n) is 1.94. The van der Waals surface area contributed by atoms with Crippen LogP contribution >= 0.6 is 0 Å². The molecule has 0 spiro atoms. The first kappa shape index (κ1) is 19.7. The predicted molar refractivity (Wildman–Crippen MR) is 74.9 cm³/mol. The third kappa shape index (κ3) is 4.82. The molecular weight excluding hydrogens is 336 g/mol. The molecule has 2 amide bonds. The van der Waals surface area contributed by atoms with Gasteiger partial charge in [0.2, 0.25) is 12.2 Å². The molecule has 0 saturated heterocycles. The van der Waals surface area contributed by atoms with E-state index in [0.717, 1.165) is 19.2 Å². The molecule has 0 aromatic heterocycles. The summed E-state index contributed by atoms with van der Waals surface area (Å²) in [6.07, 6.45) is -7.42. The number of hydrogen-bond donors (Lipinski definition) is 1. The van der Waals surface area contributed by atoms with Crippen LogP contribution in [0.15, 0.2) is 18.2 Å². The van der Waals surface area contributed by atoms with Crippen LogP contribution < -0.4 is 10.5 Å². The molecule has 2 N–H and O–H groups in total. The highest BCUT2D eigenvalue weighted by atomic mass is 19.3. The zero-order chi connectivity index (χ0) is 18.4. The lowest BCUT2D eigenvalue weighted by Crippen LogP contribution is -2.42. The van der Waals surface area contributed by atoms with E-state index in [9.17, 15) is 27.2 Å². The summed E-state index contributed by atoms with van der Waals surface area (Å²) < 4.78 is 61.2. The fraction of sp³-hybridized carbons (Fsp3) is 0.429. The van der Waals surface area contributed by atoms with Gasteiger partial charge in [0.15, 0.2) is 11.6 Å². The topological polar surface area (TPSA) is 81.9 Å². The molecule has 0 heterocycles. The molecule has 1 aromatic carbocycles. The summed E-state index contributed by atoms with van der Waals surface area (Å²) in [5.41, 5.74) is 4.80. The maximum Gasteiger partial charge on any atom is 0.410 e. The number of ether oxygens (including phenoxy) is 2. The molecule has 2 atom stereocenters. The number of carbonyl (C=O) groups excluding carboxylic acids is 2. The summed E-state index contributed by atoms with van der Waals surface area (Å²) in [6, 6.07) is 3.10. The van der Waals surface area contributed by atoms with Gasteiger partial charge in [-0.1, -0.05) is 6.07 Å². The Morgan fingerprint density at radius 1 is 1.29 bits per heavy atom. The minimum atomic E-state index is -3.38. The minimum Gasteiger partial charge on any atom is -0.407 e. The van der Waals surface area contributed by atoms with Crippen LogP contribution in [0.2, 0.25) is 0 Å². The highest BCUT2D eigenvalue weighted by molar-refractivity contribution is 5.84. The molecule has 10 heteroatoms. The number of halogens is 4. The number of nitrogens with zero attached hydrogens (tertiary/aromatic N) is 1. The van der Waals surface area contributed by atoms with Crippen molar-refractivity contribution < 1.29 is 36.6 Å². The van der Waals surface area contributed by atoms with Crippen molar-refractivity contribution in [2.45, 2.75) is 18.6 Å². The zero-order valence-corrected chi connectivity index (χ0v) is 12.8. The smallest absolute Gasteiger partial charge is 0.407 e. The Morgan fingerprint density at radius 3 is 2.38 bits per heavy atom. The van der Waals surface area contributed by atoms with Gasteiger partial charge in [-0.2, -0.15) is 0 Å². The first-order chi connectivity index (χ1) is 11.2. The second-order valence-corrected chi connectivity index (χ2v) is 4.78. The van der Waals surface area contributed by atoms with Crippen molar-refractivity contribution in [1.82, 2.24) is 4.90 Å². The van der Waals surface area contributed by atoms with E-state index < -0.39 is 42.2 Å². The molecule has 0 bridgehead atoms. The van der Waals surface area contributed by atoms with Crippen molar-refractivity contribution >= 4 is 12.0 Å². The third-order valence-corrected chi connectivity index (χ3v) is 3.13. The second kappa shape index (κ2) is 8.48. The van der Waals surface area contributed by atoms with Gasteiger partial charge in [0.05, 0.1) is 12.5 Å². The van der Waals surface area contributed by atoms with Crippen molar-refractivity contribution in [1.29, 1.82) is 0 Å². The Hall–Kier alpha value is -2.36. The lowest BCUT2D eigenvalue weighted by Gasteiger charge is -2.26. The first-order valence-corrected chi connectivity index (χ1v) is 6.63. The molecular formula is C14H16F4N2O4. The van der Waals surface area contributed by atoms with E-state index in [2.05, 4.69) is 4.74 Å². The van der Waals surface area contributed by atoms with Gasteiger partial charge in [0.25, 0.3) is 6.43 Å². The summed E-state index contributed by atoms with van der Waals surface area (Å²) in [5.74, 6) is -3.73. The number of alkyl halides is 3. The van der Waals surface area contributed by atoms with Gasteiger partial charge < -0.3 is 20.1 Å². The van der Waals surface area contributed by atoms with Gasteiger partial charge in [0, 0.05) is 14.2 Å². The van der Waals surface area contributed by atoms with Gasteiger partial charge in [-0.25, -0.2) is 22.4 Å². The Bertz CT molecular complexity index is 600. The SMILES string of the molecule is COCC(C(=O)N(C)C(F)C(F)F)c1ccc(OC(N)=O)c(F)c1. The average Bonchev–Trinajstić information content (AvgIpc) is 2.52. The summed E-state index contributed by atoms with van der Waals surface area (Å²) >= 11 is 0. The van der Waals surface area contributed by atoms with Crippen molar-refractivity contribution in [2.24, 2.45) is 5.73 Å². The van der Waals surface area contributed by atoms with Crippen molar-refractivity contribution in [3.05, 3.63) is 29.6 Å². The monoisotopic (exact) mass is 352 g/mol. The van der Waals surface area contributed by atoms with Crippen LogP contribution in [0, 0.1) is 5.82 Å². The predicted octanol–water partition coefficient (Wildman–Crippen LogP) is 2.03. The Morgan fingerprint density at radius 2 is 1.92 bits per heavy atom. The van der Waals surface area contributed by atoms with E-state index >= 15 is 0 Å². The maximum absolute atomic E-state index is 13.9.